The molecule has 1 aromatic rings. The van der Waals surface area contributed by atoms with E-state index < -0.39 is 12.0 Å². The molecule has 0 aromatic carbocycles. The van der Waals surface area contributed by atoms with Crippen molar-refractivity contribution in [2.45, 2.75) is 32.7 Å². The van der Waals surface area contributed by atoms with E-state index in [1.54, 1.807) is 6.92 Å². The maximum Gasteiger partial charge on any atom is 0.328 e. The Bertz CT molecular complexity index is 514. The van der Waals surface area contributed by atoms with Crippen LogP contribution in [0.2, 0.25) is 0 Å². The molecule has 20 heavy (non-hydrogen) atoms. The first-order valence-corrected chi connectivity index (χ1v) is 7.44. The Hall–Kier alpha value is -1.47. The number of nitrogens with zero attached hydrogens (tertiary/aromatic N) is 2. The Kier molecular flexibility index (Phi) is 4.72. The number of thiazole rings is 1. The first-order valence-electron chi connectivity index (χ1n) is 6.62. The van der Waals surface area contributed by atoms with Crippen molar-refractivity contribution < 1.29 is 19.4 Å². The average molecular weight is 298 g/mol. The molecule has 1 N–H and O–H groups in total. The number of aryl methyl sites for hydroxylation is 2. The lowest BCUT2D eigenvalue weighted by Gasteiger charge is -2.32. The number of carboxylic acids is 1. The monoisotopic (exact) mass is 298 g/mol. The van der Waals surface area contributed by atoms with Crippen LogP contribution in [0.1, 0.15) is 33.7 Å². The second kappa shape index (κ2) is 6.32. The summed E-state index contributed by atoms with van der Waals surface area (Å²) in [6, 6.07) is -0.910. The van der Waals surface area contributed by atoms with Crippen LogP contribution in [-0.4, -0.2) is 52.7 Å². The fourth-order valence-corrected chi connectivity index (χ4v) is 3.28. The summed E-state index contributed by atoms with van der Waals surface area (Å²) in [5, 5.41) is 10.1. The van der Waals surface area contributed by atoms with Crippen molar-refractivity contribution in [3.63, 3.8) is 0 Å². The molecule has 1 aliphatic heterocycles. The van der Waals surface area contributed by atoms with E-state index in [-0.39, 0.29) is 12.5 Å². The van der Waals surface area contributed by atoms with E-state index in [1.165, 1.54) is 16.2 Å². The number of hydrogen-bond donors (Lipinski definition) is 1. The predicted molar refractivity (Wildman–Crippen MR) is 74.1 cm³/mol. The molecule has 1 amide bonds. The van der Waals surface area contributed by atoms with Gasteiger partial charge in [-0.1, -0.05) is 6.92 Å². The molecule has 2 heterocycles. The molecule has 0 bridgehead atoms. The third-order valence-corrected chi connectivity index (χ3v) is 4.38. The summed E-state index contributed by atoms with van der Waals surface area (Å²) in [4.78, 5) is 30.0. The minimum Gasteiger partial charge on any atom is -0.480 e. The van der Waals surface area contributed by atoms with Crippen molar-refractivity contribution in [3.05, 3.63) is 15.6 Å². The van der Waals surface area contributed by atoms with Crippen LogP contribution in [0.25, 0.3) is 0 Å². The number of rotatable bonds is 4. The lowest BCUT2D eigenvalue weighted by Crippen LogP contribution is -2.52. The van der Waals surface area contributed by atoms with Gasteiger partial charge in [0.25, 0.3) is 5.91 Å². The lowest BCUT2D eigenvalue weighted by atomic mass is 10.2. The molecule has 6 nitrogen and oxygen atoms in total. The van der Waals surface area contributed by atoms with Gasteiger partial charge in [0, 0.05) is 6.54 Å². The third-order valence-electron chi connectivity index (χ3n) is 3.17. The largest absolute Gasteiger partial charge is 0.480 e. The Morgan fingerprint density at radius 3 is 2.95 bits per heavy atom. The quantitative estimate of drug-likeness (QED) is 0.907. The van der Waals surface area contributed by atoms with Crippen LogP contribution in [0.3, 0.4) is 0 Å². The van der Waals surface area contributed by atoms with Crippen LogP contribution >= 0.6 is 11.3 Å². The van der Waals surface area contributed by atoms with Gasteiger partial charge in [-0.3, -0.25) is 4.79 Å². The number of aliphatic carboxylic acids is 1. The van der Waals surface area contributed by atoms with Gasteiger partial charge in [0.15, 0.2) is 6.04 Å². The Balaban J connectivity index is 2.22. The minimum absolute atomic E-state index is 0.0424. The minimum atomic E-state index is -1.03. The highest BCUT2D eigenvalue weighted by molar-refractivity contribution is 7.13. The van der Waals surface area contributed by atoms with E-state index in [4.69, 9.17) is 4.74 Å². The van der Waals surface area contributed by atoms with Gasteiger partial charge in [-0.05, 0) is 19.8 Å². The van der Waals surface area contributed by atoms with E-state index in [2.05, 4.69) is 11.9 Å². The molecule has 0 aliphatic carbocycles. The Morgan fingerprint density at radius 2 is 2.30 bits per heavy atom. The molecule has 0 radical (unpaired) electrons. The van der Waals surface area contributed by atoms with Crippen LogP contribution in [0, 0.1) is 6.92 Å². The number of ether oxygens (including phenoxy) is 1. The molecule has 1 unspecified atom stereocenters. The van der Waals surface area contributed by atoms with Gasteiger partial charge in [0.2, 0.25) is 0 Å². The zero-order valence-corrected chi connectivity index (χ0v) is 12.4. The van der Waals surface area contributed by atoms with Gasteiger partial charge < -0.3 is 14.7 Å². The molecule has 1 aliphatic rings. The smallest absolute Gasteiger partial charge is 0.328 e. The van der Waals surface area contributed by atoms with Gasteiger partial charge in [-0.15, -0.1) is 11.3 Å². The molecule has 1 aromatic heterocycles. The first kappa shape index (κ1) is 14.9. The summed E-state index contributed by atoms with van der Waals surface area (Å²) in [5.74, 6) is -1.29. The molecule has 1 fully saturated rings. The predicted octanol–water partition coefficient (Wildman–Crippen LogP) is 1.33. The Labute approximate surface area is 121 Å². The summed E-state index contributed by atoms with van der Waals surface area (Å²) in [7, 11) is 0. The van der Waals surface area contributed by atoms with Gasteiger partial charge in [-0.25, -0.2) is 9.78 Å². The van der Waals surface area contributed by atoms with E-state index >= 15 is 0 Å². The van der Waals surface area contributed by atoms with E-state index in [0.717, 1.165) is 17.8 Å². The van der Waals surface area contributed by atoms with Crippen molar-refractivity contribution in [3.8, 4) is 0 Å². The van der Waals surface area contributed by atoms with E-state index in [9.17, 15) is 14.7 Å². The average Bonchev–Trinajstić information content (AvgIpc) is 2.79. The second-order valence-corrected chi connectivity index (χ2v) is 5.78. The highest BCUT2D eigenvalue weighted by Crippen LogP contribution is 2.23. The van der Waals surface area contributed by atoms with Crippen molar-refractivity contribution in [1.82, 2.24) is 9.88 Å². The third kappa shape index (κ3) is 2.99. The molecule has 0 saturated carbocycles. The molecule has 7 heteroatoms. The number of carbonyl (C=O) groups is 2. The molecule has 110 valence electrons. The molecule has 2 rings (SSSR count). The zero-order valence-electron chi connectivity index (χ0n) is 11.6. The van der Waals surface area contributed by atoms with Crippen LogP contribution in [0.15, 0.2) is 0 Å². The van der Waals surface area contributed by atoms with Gasteiger partial charge in [0.05, 0.1) is 23.9 Å². The van der Waals surface area contributed by atoms with Crippen molar-refractivity contribution in [2.75, 3.05) is 19.8 Å². The zero-order chi connectivity index (χ0) is 14.7. The molecule has 0 spiro atoms. The molecule has 1 atom stereocenters. The number of amides is 1. The van der Waals surface area contributed by atoms with Crippen LogP contribution in [0.4, 0.5) is 0 Å². The molecule has 1 saturated heterocycles. The van der Waals surface area contributed by atoms with Gasteiger partial charge in [-0.2, -0.15) is 0 Å². The molecular formula is C13H18N2O4S. The van der Waals surface area contributed by atoms with Crippen LogP contribution in [0.5, 0.6) is 0 Å². The maximum atomic E-state index is 12.5. The summed E-state index contributed by atoms with van der Waals surface area (Å²) in [5.41, 5.74) is 0.680. The number of hydrogen-bond acceptors (Lipinski definition) is 5. The van der Waals surface area contributed by atoms with E-state index in [1.807, 2.05) is 0 Å². The van der Waals surface area contributed by atoms with Crippen molar-refractivity contribution in [2.24, 2.45) is 0 Å². The number of carboxylic acid groups (broad SMARTS) is 1. The first-order chi connectivity index (χ1) is 9.54. The number of morpholine rings is 1. The van der Waals surface area contributed by atoms with Crippen LogP contribution in [-0.2, 0) is 16.0 Å². The topological polar surface area (TPSA) is 79.7 Å². The lowest BCUT2D eigenvalue weighted by molar-refractivity contribution is -0.147. The summed E-state index contributed by atoms with van der Waals surface area (Å²) in [6.45, 7) is 4.56. The van der Waals surface area contributed by atoms with Gasteiger partial charge >= 0.3 is 5.97 Å². The maximum absolute atomic E-state index is 12.5. The fraction of sp³-hybridized carbons (Fsp3) is 0.615. The summed E-state index contributed by atoms with van der Waals surface area (Å²) in [6.07, 6.45) is 1.81. The highest BCUT2D eigenvalue weighted by Gasteiger charge is 2.34. The number of aromatic nitrogens is 1. The number of carbonyl (C=O) groups excluding carboxylic acids is 1. The normalized spacial score (nSPS) is 19.1. The standard InChI is InChI=1S/C13H18N2O4S/c1-3-4-10-14-8(2)11(20-10)12(16)15-5-6-19-7-9(15)13(17)18/h9H,3-7H2,1-2H3,(H,17,18). The Morgan fingerprint density at radius 1 is 1.55 bits per heavy atom. The summed E-state index contributed by atoms with van der Waals surface area (Å²) >= 11 is 1.36. The van der Waals surface area contributed by atoms with Crippen molar-refractivity contribution >= 4 is 23.2 Å². The second-order valence-electron chi connectivity index (χ2n) is 4.70. The SMILES string of the molecule is CCCc1nc(C)c(C(=O)N2CCOCC2C(=O)O)s1. The fourth-order valence-electron chi connectivity index (χ4n) is 2.15. The highest BCUT2D eigenvalue weighted by atomic mass is 32.1. The van der Waals surface area contributed by atoms with Crippen molar-refractivity contribution in [1.29, 1.82) is 0 Å². The van der Waals surface area contributed by atoms with Crippen LogP contribution < -0.4 is 0 Å². The van der Waals surface area contributed by atoms with Gasteiger partial charge in [0.1, 0.15) is 4.88 Å². The summed E-state index contributed by atoms with van der Waals surface area (Å²) < 4.78 is 5.15. The molecular weight excluding hydrogens is 280 g/mol. The van der Waals surface area contributed by atoms with E-state index in [0.29, 0.717) is 23.7 Å².